The lowest BCUT2D eigenvalue weighted by molar-refractivity contribution is -0.132. The van der Waals surface area contributed by atoms with Gasteiger partial charge in [-0.15, -0.1) is 0 Å². The Balaban J connectivity index is 1.29. The van der Waals surface area contributed by atoms with Gasteiger partial charge in [-0.3, -0.25) is 9.59 Å². The number of carbonyl (C=O) groups is 2. The topological polar surface area (TPSA) is 61.9 Å². The minimum absolute atomic E-state index is 0.0445. The van der Waals surface area contributed by atoms with Crippen molar-refractivity contribution in [3.63, 3.8) is 0 Å². The van der Waals surface area contributed by atoms with Crippen LogP contribution >= 0.6 is 0 Å². The monoisotopic (exact) mass is 407 g/mol. The van der Waals surface area contributed by atoms with Gasteiger partial charge in [0.2, 0.25) is 11.8 Å². The fraction of sp³-hybridized carbons (Fsp3) is 0.417. The third-order valence-electron chi connectivity index (χ3n) is 5.77. The molecule has 2 fully saturated rings. The van der Waals surface area contributed by atoms with Crippen LogP contribution in [-0.4, -0.2) is 50.0 Å². The Bertz CT molecular complexity index is 876. The Morgan fingerprint density at radius 2 is 1.70 bits per heavy atom. The van der Waals surface area contributed by atoms with E-state index in [1.54, 1.807) is 7.11 Å². The molecule has 1 saturated heterocycles. The summed E-state index contributed by atoms with van der Waals surface area (Å²) in [6.07, 6.45) is 3.43. The normalized spacial score (nSPS) is 16.7. The van der Waals surface area contributed by atoms with Crippen molar-refractivity contribution >= 4 is 23.2 Å². The number of hydrogen-bond donors (Lipinski definition) is 1. The summed E-state index contributed by atoms with van der Waals surface area (Å²) in [6, 6.07) is 15.5. The Kier molecular flexibility index (Phi) is 6.21. The van der Waals surface area contributed by atoms with Crippen molar-refractivity contribution in [2.75, 3.05) is 43.5 Å². The molecule has 1 N–H and O–H groups in total. The summed E-state index contributed by atoms with van der Waals surface area (Å²) in [6.45, 7) is 3.43. The Hall–Kier alpha value is -3.02. The van der Waals surface area contributed by atoms with Crippen molar-refractivity contribution in [3.05, 3.63) is 54.1 Å². The molecule has 2 amide bonds. The summed E-state index contributed by atoms with van der Waals surface area (Å²) in [5.41, 5.74) is 2.86. The highest BCUT2D eigenvalue weighted by Crippen LogP contribution is 2.31. The quantitative estimate of drug-likeness (QED) is 0.798. The van der Waals surface area contributed by atoms with Crippen molar-refractivity contribution in [2.45, 2.75) is 25.7 Å². The van der Waals surface area contributed by atoms with Gasteiger partial charge < -0.3 is 19.9 Å². The van der Waals surface area contributed by atoms with E-state index < -0.39 is 0 Å². The summed E-state index contributed by atoms with van der Waals surface area (Å²) in [7, 11) is 1.63. The van der Waals surface area contributed by atoms with Crippen LogP contribution in [0, 0.1) is 5.92 Å². The summed E-state index contributed by atoms with van der Waals surface area (Å²) in [5.74, 6) is 1.37. The first-order valence-electron chi connectivity index (χ1n) is 10.7. The number of anilines is 2. The standard InChI is InChI=1S/C24H29N3O3/c1-30-22-11-3-18(4-12-22)17-23(28)25-20-7-9-21(10-8-20)26-13-2-14-27(16-15-26)24(29)19-5-6-19/h3-4,7-12,19H,2,5-6,13-17H2,1H3,(H,25,28). The Labute approximate surface area is 177 Å². The summed E-state index contributed by atoms with van der Waals surface area (Å²) >= 11 is 0. The first-order valence-corrected chi connectivity index (χ1v) is 10.7. The highest BCUT2D eigenvalue weighted by Gasteiger charge is 2.33. The van der Waals surface area contributed by atoms with Gasteiger partial charge >= 0.3 is 0 Å². The van der Waals surface area contributed by atoms with Gasteiger partial charge in [0.05, 0.1) is 13.5 Å². The van der Waals surface area contributed by atoms with Crippen LogP contribution in [0.4, 0.5) is 11.4 Å². The molecule has 1 aliphatic carbocycles. The van der Waals surface area contributed by atoms with Crippen LogP contribution in [0.3, 0.4) is 0 Å². The highest BCUT2D eigenvalue weighted by atomic mass is 16.5. The number of amides is 2. The predicted octanol–water partition coefficient (Wildman–Crippen LogP) is 3.33. The molecule has 2 aliphatic rings. The van der Waals surface area contributed by atoms with Crippen molar-refractivity contribution in [2.24, 2.45) is 5.92 Å². The van der Waals surface area contributed by atoms with E-state index in [4.69, 9.17) is 4.74 Å². The third-order valence-corrected chi connectivity index (χ3v) is 5.77. The average molecular weight is 408 g/mol. The molecule has 1 saturated carbocycles. The summed E-state index contributed by atoms with van der Waals surface area (Å²) < 4.78 is 5.15. The van der Waals surface area contributed by atoms with Crippen molar-refractivity contribution in [1.82, 2.24) is 4.90 Å². The van der Waals surface area contributed by atoms with E-state index in [0.29, 0.717) is 12.3 Å². The fourth-order valence-electron chi connectivity index (χ4n) is 3.87. The molecule has 158 valence electrons. The number of nitrogens with one attached hydrogen (secondary N) is 1. The zero-order valence-corrected chi connectivity index (χ0v) is 17.5. The molecule has 1 heterocycles. The van der Waals surface area contributed by atoms with Crippen molar-refractivity contribution < 1.29 is 14.3 Å². The van der Waals surface area contributed by atoms with E-state index in [1.165, 1.54) is 0 Å². The van der Waals surface area contributed by atoms with Crippen LogP contribution in [-0.2, 0) is 16.0 Å². The van der Waals surface area contributed by atoms with E-state index in [1.807, 2.05) is 53.4 Å². The van der Waals surface area contributed by atoms with Gasteiger partial charge in [-0.25, -0.2) is 0 Å². The number of rotatable bonds is 6. The largest absolute Gasteiger partial charge is 0.497 e. The first-order chi connectivity index (χ1) is 14.6. The third kappa shape index (κ3) is 5.12. The number of ether oxygens (including phenoxy) is 1. The molecule has 0 bridgehead atoms. The molecule has 2 aromatic carbocycles. The highest BCUT2D eigenvalue weighted by molar-refractivity contribution is 5.92. The zero-order chi connectivity index (χ0) is 20.9. The minimum atomic E-state index is -0.0445. The van der Waals surface area contributed by atoms with Crippen LogP contribution in [0.5, 0.6) is 5.75 Å². The smallest absolute Gasteiger partial charge is 0.228 e. The van der Waals surface area contributed by atoms with Gasteiger partial charge in [0.1, 0.15) is 5.75 Å². The number of carbonyl (C=O) groups excluding carboxylic acids is 2. The van der Waals surface area contributed by atoms with E-state index in [0.717, 1.165) is 68.1 Å². The molecular weight excluding hydrogens is 378 g/mol. The summed E-state index contributed by atoms with van der Waals surface area (Å²) in [4.78, 5) is 29.0. The lowest BCUT2D eigenvalue weighted by Gasteiger charge is -2.24. The molecule has 6 nitrogen and oxygen atoms in total. The lowest BCUT2D eigenvalue weighted by atomic mass is 10.1. The first kappa shape index (κ1) is 20.3. The van der Waals surface area contributed by atoms with Crippen LogP contribution in [0.2, 0.25) is 0 Å². The van der Waals surface area contributed by atoms with Gasteiger partial charge in [0.25, 0.3) is 0 Å². The van der Waals surface area contributed by atoms with Crippen LogP contribution in [0.15, 0.2) is 48.5 Å². The molecule has 0 radical (unpaired) electrons. The molecule has 2 aromatic rings. The average Bonchev–Trinajstić information content (AvgIpc) is 3.61. The van der Waals surface area contributed by atoms with Gasteiger partial charge in [0.15, 0.2) is 0 Å². The molecule has 1 aliphatic heterocycles. The van der Waals surface area contributed by atoms with Crippen LogP contribution in [0.1, 0.15) is 24.8 Å². The maximum Gasteiger partial charge on any atom is 0.228 e. The van der Waals surface area contributed by atoms with Crippen molar-refractivity contribution in [3.8, 4) is 5.75 Å². The maximum atomic E-state index is 12.3. The SMILES string of the molecule is COc1ccc(CC(=O)Nc2ccc(N3CCCN(C(=O)C4CC4)CC3)cc2)cc1. The van der Waals surface area contributed by atoms with Crippen LogP contribution in [0.25, 0.3) is 0 Å². The molecular formula is C24H29N3O3. The van der Waals surface area contributed by atoms with E-state index >= 15 is 0 Å². The second-order valence-electron chi connectivity index (χ2n) is 8.06. The number of hydrogen-bond acceptors (Lipinski definition) is 4. The number of benzene rings is 2. The van der Waals surface area contributed by atoms with Gasteiger partial charge in [-0.05, 0) is 61.2 Å². The van der Waals surface area contributed by atoms with Crippen LogP contribution < -0.4 is 15.0 Å². The maximum absolute atomic E-state index is 12.3. The minimum Gasteiger partial charge on any atom is -0.497 e. The molecule has 4 rings (SSSR count). The Morgan fingerprint density at radius 1 is 0.967 bits per heavy atom. The second kappa shape index (κ2) is 9.20. The molecule has 30 heavy (non-hydrogen) atoms. The van der Waals surface area contributed by atoms with Crippen molar-refractivity contribution in [1.29, 1.82) is 0 Å². The molecule has 0 aromatic heterocycles. The molecule has 6 heteroatoms. The second-order valence-corrected chi connectivity index (χ2v) is 8.06. The number of nitrogens with zero attached hydrogens (tertiary/aromatic N) is 2. The van der Waals surface area contributed by atoms with E-state index in [9.17, 15) is 9.59 Å². The van der Waals surface area contributed by atoms with Gasteiger partial charge in [-0.2, -0.15) is 0 Å². The Morgan fingerprint density at radius 3 is 2.37 bits per heavy atom. The summed E-state index contributed by atoms with van der Waals surface area (Å²) in [5, 5.41) is 2.96. The predicted molar refractivity (Wildman–Crippen MR) is 118 cm³/mol. The molecule has 0 atom stereocenters. The van der Waals surface area contributed by atoms with E-state index in [2.05, 4.69) is 10.2 Å². The zero-order valence-electron chi connectivity index (χ0n) is 17.5. The molecule has 0 unspecified atom stereocenters. The lowest BCUT2D eigenvalue weighted by Crippen LogP contribution is -2.36. The van der Waals surface area contributed by atoms with E-state index in [-0.39, 0.29) is 11.8 Å². The fourth-order valence-corrected chi connectivity index (χ4v) is 3.87. The number of methoxy groups -OCH3 is 1. The van der Waals surface area contributed by atoms with Gasteiger partial charge in [0, 0.05) is 43.5 Å². The van der Waals surface area contributed by atoms with Gasteiger partial charge in [-0.1, -0.05) is 12.1 Å². The molecule has 0 spiro atoms.